The number of dihydropyridines is 1. The van der Waals surface area contributed by atoms with Gasteiger partial charge in [0.2, 0.25) is 0 Å². The highest BCUT2D eigenvalue weighted by Crippen LogP contribution is 2.17. The van der Waals surface area contributed by atoms with Gasteiger partial charge in [0.1, 0.15) is 0 Å². The predicted molar refractivity (Wildman–Crippen MR) is 42.5 cm³/mol. The zero-order valence-electron chi connectivity index (χ0n) is 6.01. The van der Waals surface area contributed by atoms with E-state index in [0.717, 1.165) is 19.5 Å². The highest BCUT2D eigenvalue weighted by atomic mass is 14.9. The fourth-order valence-electron chi connectivity index (χ4n) is 1.55. The topological polar surface area (TPSA) is 24.4 Å². The third kappa shape index (κ3) is 0.991. The summed E-state index contributed by atoms with van der Waals surface area (Å²) in [6.45, 7) is 2.18. The van der Waals surface area contributed by atoms with Crippen molar-refractivity contribution in [1.82, 2.24) is 5.32 Å². The van der Waals surface area contributed by atoms with Crippen molar-refractivity contribution in [3.63, 3.8) is 0 Å². The summed E-state index contributed by atoms with van der Waals surface area (Å²) in [7, 11) is 0. The maximum atomic E-state index is 4.40. The van der Waals surface area contributed by atoms with Crippen molar-refractivity contribution >= 4 is 6.21 Å². The summed E-state index contributed by atoms with van der Waals surface area (Å²) in [4.78, 5) is 4.40. The van der Waals surface area contributed by atoms with Crippen LogP contribution in [0.15, 0.2) is 16.6 Å². The Bertz CT molecular complexity index is 182. The van der Waals surface area contributed by atoms with E-state index in [0.29, 0.717) is 6.04 Å². The van der Waals surface area contributed by atoms with Gasteiger partial charge in [0.15, 0.2) is 0 Å². The second kappa shape index (κ2) is 2.54. The maximum absolute atomic E-state index is 4.40. The highest BCUT2D eigenvalue weighted by Gasteiger charge is 2.17. The predicted octanol–water partition coefficient (Wildman–Crippen LogP) is 0.749. The number of nitrogens with zero attached hydrogens (tertiary/aromatic N) is 1. The summed E-state index contributed by atoms with van der Waals surface area (Å²) in [5, 5.41) is 3.33. The van der Waals surface area contributed by atoms with E-state index in [2.05, 4.69) is 16.4 Å². The molecule has 0 radical (unpaired) electrons. The summed E-state index contributed by atoms with van der Waals surface area (Å²) in [6, 6.07) is 0.475. The van der Waals surface area contributed by atoms with Crippen LogP contribution in [0.2, 0.25) is 0 Å². The smallest absolute Gasteiger partial charge is 0.0830 e. The van der Waals surface area contributed by atoms with Crippen LogP contribution < -0.4 is 5.32 Å². The number of fused-ring (bicyclic) bond motifs is 1. The molecule has 0 bridgehead atoms. The third-order valence-corrected chi connectivity index (χ3v) is 2.13. The molecule has 10 heavy (non-hydrogen) atoms. The number of piperidine rings is 1. The summed E-state index contributed by atoms with van der Waals surface area (Å²) in [5.74, 6) is 0. The van der Waals surface area contributed by atoms with E-state index in [1.807, 2.05) is 6.21 Å². The van der Waals surface area contributed by atoms with Gasteiger partial charge in [-0.2, -0.15) is 0 Å². The molecule has 0 aromatic heterocycles. The van der Waals surface area contributed by atoms with Gasteiger partial charge in [-0.3, -0.25) is 4.99 Å². The Morgan fingerprint density at radius 1 is 1.60 bits per heavy atom. The zero-order chi connectivity index (χ0) is 6.81. The standard InChI is InChI=1S/C8H12N2/c1-2-7-3-5-9-6-8(7)10-4-1/h2,4,8-9H,1,3,5-6H2. The fraction of sp³-hybridized carbons (Fsp3) is 0.625. The molecule has 0 aliphatic carbocycles. The van der Waals surface area contributed by atoms with E-state index in [-0.39, 0.29) is 0 Å². The van der Waals surface area contributed by atoms with Crippen LogP contribution in [0.5, 0.6) is 0 Å². The van der Waals surface area contributed by atoms with Crippen LogP contribution in [0.25, 0.3) is 0 Å². The number of hydrogen-bond donors (Lipinski definition) is 1. The molecule has 0 aromatic carbocycles. The average molecular weight is 136 g/mol. The van der Waals surface area contributed by atoms with E-state index in [1.165, 1.54) is 6.42 Å². The van der Waals surface area contributed by atoms with Crippen LogP contribution in [0, 0.1) is 0 Å². The van der Waals surface area contributed by atoms with Gasteiger partial charge in [-0.05, 0) is 18.5 Å². The van der Waals surface area contributed by atoms with Gasteiger partial charge in [0.05, 0.1) is 6.04 Å². The van der Waals surface area contributed by atoms with Crippen molar-refractivity contribution in [2.45, 2.75) is 18.9 Å². The maximum Gasteiger partial charge on any atom is 0.0830 e. The third-order valence-electron chi connectivity index (χ3n) is 2.13. The van der Waals surface area contributed by atoms with Crippen LogP contribution in [-0.4, -0.2) is 25.3 Å². The van der Waals surface area contributed by atoms with E-state index >= 15 is 0 Å². The molecule has 0 spiro atoms. The van der Waals surface area contributed by atoms with Crippen molar-refractivity contribution in [2.24, 2.45) is 4.99 Å². The lowest BCUT2D eigenvalue weighted by atomic mass is 9.98. The molecule has 1 N–H and O–H groups in total. The normalized spacial score (nSPS) is 31.2. The molecule has 54 valence electrons. The molecule has 1 atom stereocenters. The second-order valence-corrected chi connectivity index (χ2v) is 2.82. The Labute approximate surface area is 61.0 Å². The summed E-state index contributed by atoms with van der Waals surface area (Å²) in [6.07, 6.45) is 6.58. The molecule has 2 aliphatic rings. The molecule has 2 aliphatic heterocycles. The van der Waals surface area contributed by atoms with E-state index in [4.69, 9.17) is 0 Å². The lowest BCUT2D eigenvalue weighted by molar-refractivity contribution is 0.548. The number of aliphatic imine (C=N–C) groups is 1. The van der Waals surface area contributed by atoms with E-state index in [9.17, 15) is 0 Å². The van der Waals surface area contributed by atoms with E-state index < -0.39 is 0 Å². The van der Waals surface area contributed by atoms with Crippen molar-refractivity contribution < 1.29 is 0 Å². The Morgan fingerprint density at radius 2 is 2.60 bits per heavy atom. The van der Waals surface area contributed by atoms with Crippen LogP contribution in [0.3, 0.4) is 0 Å². The lowest BCUT2D eigenvalue weighted by Gasteiger charge is -2.24. The Balaban J connectivity index is 2.13. The number of allylic oxidation sites excluding steroid dienone is 1. The summed E-state index contributed by atoms with van der Waals surface area (Å²) >= 11 is 0. The summed E-state index contributed by atoms with van der Waals surface area (Å²) in [5.41, 5.74) is 1.54. The molecule has 2 heteroatoms. The number of rotatable bonds is 0. The van der Waals surface area contributed by atoms with Gasteiger partial charge < -0.3 is 5.32 Å². The Morgan fingerprint density at radius 3 is 3.50 bits per heavy atom. The molecule has 2 rings (SSSR count). The van der Waals surface area contributed by atoms with Crippen molar-refractivity contribution in [2.75, 3.05) is 13.1 Å². The molecule has 1 unspecified atom stereocenters. The van der Waals surface area contributed by atoms with Crippen LogP contribution in [-0.2, 0) is 0 Å². The quantitative estimate of drug-likeness (QED) is 0.488. The van der Waals surface area contributed by atoms with Crippen LogP contribution in [0.1, 0.15) is 12.8 Å². The SMILES string of the molecule is C1=NC2CNCCC2=CC1. The van der Waals surface area contributed by atoms with Gasteiger partial charge in [-0.1, -0.05) is 6.08 Å². The van der Waals surface area contributed by atoms with Gasteiger partial charge >= 0.3 is 0 Å². The van der Waals surface area contributed by atoms with Crippen molar-refractivity contribution in [3.8, 4) is 0 Å². The first-order valence-electron chi connectivity index (χ1n) is 3.88. The molecule has 0 saturated carbocycles. The molecule has 2 nitrogen and oxygen atoms in total. The first-order valence-corrected chi connectivity index (χ1v) is 3.88. The zero-order valence-corrected chi connectivity index (χ0v) is 6.01. The summed E-state index contributed by atoms with van der Waals surface area (Å²) < 4.78 is 0. The minimum absolute atomic E-state index is 0.475. The second-order valence-electron chi connectivity index (χ2n) is 2.82. The Hall–Kier alpha value is -0.630. The monoisotopic (exact) mass is 136 g/mol. The molecular weight excluding hydrogens is 124 g/mol. The first-order chi connectivity index (χ1) is 4.97. The highest BCUT2D eigenvalue weighted by molar-refractivity contribution is 5.62. The van der Waals surface area contributed by atoms with Gasteiger partial charge in [-0.15, -0.1) is 0 Å². The van der Waals surface area contributed by atoms with Crippen molar-refractivity contribution in [1.29, 1.82) is 0 Å². The van der Waals surface area contributed by atoms with Gasteiger partial charge in [0, 0.05) is 19.2 Å². The minimum atomic E-state index is 0.475. The number of nitrogens with one attached hydrogen (secondary N) is 1. The fourth-order valence-corrected chi connectivity index (χ4v) is 1.55. The average Bonchev–Trinajstić information content (AvgIpc) is 2.05. The lowest BCUT2D eigenvalue weighted by Crippen LogP contribution is -2.35. The molecular formula is C8H12N2. The minimum Gasteiger partial charge on any atom is -0.314 e. The van der Waals surface area contributed by atoms with Crippen LogP contribution >= 0.6 is 0 Å². The first kappa shape index (κ1) is 6.10. The van der Waals surface area contributed by atoms with Crippen molar-refractivity contribution in [3.05, 3.63) is 11.6 Å². The van der Waals surface area contributed by atoms with Gasteiger partial charge in [0.25, 0.3) is 0 Å². The van der Waals surface area contributed by atoms with Gasteiger partial charge in [-0.25, -0.2) is 0 Å². The number of hydrogen-bond acceptors (Lipinski definition) is 2. The molecule has 2 heterocycles. The van der Waals surface area contributed by atoms with Crippen LogP contribution in [0.4, 0.5) is 0 Å². The molecule has 0 aromatic rings. The molecule has 0 amide bonds. The molecule has 1 saturated heterocycles. The van der Waals surface area contributed by atoms with E-state index in [1.54, 1.807) is 5.57 Å². The Kier molecular flexibility index (Phi) is 1.55. The molecule has 1 fully saturated rings. The largest absolute Gasteiger partial charge is 0.314 e.